The number of nitrogens with zero attached hydrogens (tertiary/aromatic N) is 6. The first kappa shape index (κ1) is 16.5. The molecule has 3 aromatic rings. The number of hydrogen-bond acceptors (Lipinski definition) is 3. The van der Waals surface area contributed by atoms with Crippen LogP contribution in [0, 0.1) is 27.7 Å². The molecule has 0 aromatic carbocycles. The fourth-order valence-electron chi connectivity index (χ4n) is 3.50. The maximum absolute atomic E-state index is 4.64. The van der Waals surface area contributed by atoms with E-state index in [9.17, 15) is 0 Å². The molecule has 6 heteroatoms. The Bertz CT molecular complexity index is 851. The molecule has 0 aliphatic carbocycles. The minimum atomic E-state index is 0.258. The molecule has 0 fully saturated rings. The quantitative estimate of drug-likeness (QED) is 0.721. The summed E-state index contributed by atoms with van der Waals surface area (Å²) in [5, 5.41) is 9.25. The lowest BCUT2D eigenvalue weighted by molar-refractivity contribution is 0.418. The molecule has 1 unspecified atom stereocenters. The van der Waals surface area contributed by atoms with E-state index in [2.05, 4.69) is 65.1 Å². The molecule has 0 bridgehead atoms. The first-order valence-corrected chi connectivity index (χ1v) is 8.49. The lowest BCUT2D eigenvalue weighted by Crippen LogP contribution is -2.16. The van der Waals surface area contributed by atoms with Gasteiger partial charge in [0.2, 0.25) is 0 Å². The molecule has 0 aliphatic heterocycles. The van der Waals surface area contributed by atoms with Gasteiger partial charge in [0.15, 0.2) is 0 Å². The van der Waals surface area contributed by atoms with Crippen molar-refractivity contribution in [2.24, 2.45) is 0 Å². The van der Waals surface area contributed by atoms with Gasteiger partial charge in [-0.1, -0.05) is 0 Å². The minimum Gasteiger partial charge on any atom is -0.328 e. The third kappa shape index (κ3) is 2.77. The summed E-state index contributed by atoms with van der Waals surface area (Å²) in [5.41, 5.74) is 6.80. The summed E-state index contributed by atoms with van der Waals surface area (Å²) in [6.45, 7) is 14.3. The van der Waals surface area contributed by atoms with Crippen molar-refractivity contribution in [3.63, 3.8) is 0 Å². The fraction of sp³-hybridized carbons (Fsp3) is 0.500. The van der Waals surface area contributed by atoms with Crippen molar-refractivity contribution < 1.29 is 0 Å². The van der Waals surface area contributed by atoms with Crippen LogP contribution < -0.4 is 0 Å². The number of hydrogen-bond donors (Lipinski definition) is 0. The predicted molar refractivity (Wildman–Crippen MR) is 95.0 cm³/mol. The van der Waals surface area contributed by atoms with Gasteiger partial charge in [-0.2, -0.15) is 10.2 Å². The first-order chi connectivity index (χ1) is 11.4. The lowest BCUT2D eigenvalue weighted by atomic mass is 10.1. The molecular formula is C18H26N6. The van der Waals surface area contributed by atoms with Crippen molar-refractivity contribution in [1.29, 1.82) is 0 Å². The summed E-state index contributed by atoms with van der Waals surface area (Å²) < 4.78 is 6.35. The van der Waals surface area contributed by atoms with E-state index < -0.39 is 0 Å². The van der Waals surface area contributed by atoms with Crippen LogP contribution in [-0.2, 0) is 13.1 Å². The second-order valence-electron chi connectivity index (χ2n) is 6.51. The Kier molecular flexibility index (Phi) is 4.30. The van der Waals surface area contributed by atoms with E-state index in [-0.39, 0.29) is 6.04 Å². The molecule has 6 nitrogen and oxygen atoms in total. The average molecular weight is 326 g/mol. The topological polar surface area (TPSA) is 53.5 Å². The summed E-state index contributed by atoms with van der Waals surface area (Å²) in [6.07, 6.45) is 3.84. The van der Waals surface area contributed by atoms with Gasteiger partial charge < -0.3 is 4.57 Å². The van der Waals surface area contributed by atoms with Crippen molar-refractivity contribution in [3.05, 3.63) is 41.4 Å². The molecule has 128 valence electrons. The Labute approximate surface area is 143 Å². The lowest BCUT2D eigenvalue weighted by Gasteiger charge is -2.17. The Morgan fingerprint density at radius 2 is 1.88 bits per heavy atom. The molecule has 0 aliphatic rings. The molecule has 0 saturated carbocycles. The van der Waals surface area contributed by atoms with E-state index in [1.54, 1.807) is 0 Å². The van der Waals surface area contributed by atoms with Crippen molar-refractivity contribution >= 4 is 0 Å². The maximum atomic E-state index is 4.64. The van der Waals surface area contributed by atoms with Gasteiger partial charge in [0.25, 0.3) is 0 Å². The van der Waals surface area contributed by atoms with E-state index >= 15 is 0 Å². The average Bonchev–Trinajstić information content (AvgIpc) is 3.18. The number of aromatic nitrogens is 6. The van der Waals surface area contributed by atoms with Gasteiger partial charge in [0.1, 0.15) is 0 Å². The summed E-state index contributed by atoms with van der Waals surface area (Å²) >= 11 is 0. The van der Waals surface area contributed by atoms with Gasteiger partial charge in [-0.3, -0.25) is 9.36 Å². The number of aryl methyl sites for hydroxylation is 4. The maximum Gasteiger partial charge on any atom is 0.0951 e. The number of rotatable bonds is 5. The summed E-state index contributed by atoms with van der Waals surface area (Å²) in [4.78, 5) is 4.39. The van der Waals surface area contributed by atoms with Crippen molar-refractivity contribution in [3.8, 4) is 11.3 Å². The molecular weight excluding hydrogens is 300 g/mol. The van der Waals surface area contributed by atoms with Crippen LogP contribution in [0.25, 0.3) is 11.3 Å². The highest BCUT2D eigenvalue weighted by Crippen LogP contribution is 2.28. The zero-order chi connectivity index (χ0) is 17.4. The summed E-state index contributed by atoms with van der Waals surface area (Å²) in [5.74, 6) is 0. The second-order valence-corrected chi connectivity index (χ2v) is 6.51. The first-order valence-electron chi connectivity index (χ1n) is 8.49. The SMILES string of the molecule is CCn1nc(C)c(-c2cncn2CC(C)n2nc(C)cc2C)c1C. The van der Waals surface area contributed by atoms with Crippen molar-refractivity contribution in [2.75, 3.05) is 0 Å². The fourth-order valence-corrected chi connectivity index (χ4v) is 3.50. The molecule has 24 heavy (non-hydrogen) atoms. The molecule has 0 radical (unpaired) electrons. The Hall–Kier alpha value is -2.37. The molecule has 1 atom stereocenters. The van der Waals surface area contributed by atoms with E-state index in [4.69, 9.17) is 0 Å². The third-order valence-corrected chi connectivity index (χ3v) is 4.57. The van der Waals surface area contributed by atoms with Crippen LogP contribution in [0.3, 0.4) is 0 Å². The van der Waals surface area contributed by atoms with Gasteiger partial charge in [0, 0.05) is 30.0 Å². The van der Waals surface area contributed by atoms with Gasteiger partial charge in [-0.15, -0.1) is 0 Å². The van der Waals surface area contributed by atoms with Crippen LogP contribution in [-0.4, -0.2) is 29.1 Å². The van der Waals surface area contributed by atoms with Crippen LogP contribution in [0.1, 0.15) is 42.7 Å². The summed E-state index contributed by atoms with van der Waals surface area (Å²) in [7, 11) is 0. The normalized spacial score (nSPS) is 12.8. The van der Waals surface area contributed by atoms with Crippen LogP contribution in [0.5, 0.6) is 0 Å². The minimum absolute atomic E-state index is 0.258. The zero-order valence-electron chi connectivity index (χ0n) is 15.4. The Balaban J connectivity index is 1.94. The van der Waals surface area contributed by atoms with Gasteiger partial charge in [-0.25, -0.2) is 4.98 Å². The summed E-state index contributed by atoms with van der Waals surface area (Å²) in [6, 6.07) is 2.37. The van der Waals surface area contributed by atoms with Crippen LogP contribution in [0.15, 0.2) is 18.6 Å². The monoisotopic (exact) mass is 326 g/mol. The van der Waals surface area contributed by atoms with E-state index in [0.717, 1.165) is 30.2 Å². The molecule has 0 amide bonds. The molecule has 3 heterocycles. The van der Waals surface area contributed by atoms with E-state index in [0.29, 0.717) is 0 Å². The predicted octanol–water partition coefficient (Wildman–Crippen LogP) is 3.46. The molecule has 0 spiro atoms. The zero-order valence-corrected chi connectivity index (χ0v) is 15.4. The van der Waals surface area contributed by atoms with Crippen molar-refractivity contribution in [2.45, 2.75) is 60.7 Å². The molecule has 3 rings (SSSR count). The van der Waals surface area contributed by atoms with Crippen LogP contribution in [0.2, 0.25) is 0 Å². The van der Waals surface area contributed by atoms with Crippen molar-refractivity contribution in [1.82, 2.24) is 29.1 Å². The third-order valence-electron chi connectivity index (χ3n) is 4.57. The highest BCUT2D eigenvalue weighted by atomic mass is 15.3. The smallest absolute Gasteiger partial charge is 0.0951 e. The van der Waals surface area contributed by atoms with E-state index in [1.807, 2.05) is 24.1 Å². The van der Waals surface area contributed by atoms with Crippen LogP contribution in [0.4, 0.5) is 0 Å². The van der Waals surface area contributed by atoms with Gasteiger partial charge in [-0.05, 0) is 47.6 Å². The largest absolute Gasteiger partial charge is 0.328 e. The number of imidazole rings is 1. The highest BCUT2D eigenvalue weighted by Gasteiger charge is 2.18. The molecule has 3 aromatic heterocycles. The Morgan fingerprint density at radius 3 is 2.46 bits per heavy atom. The van der Waals surface area contributed by atoms with Gasteiger partial charge >= 0.3 is 0 Å². The standard InChI is InChI=1S/C18H26N6/c1-7-23-16(6)18(15(5)21-23)17-9-19-11-22(17)10-14(4)24-13(3)8-12(2)20-24/h8-9,11,14H,7,10H2,1-6H3. The highest BCUT2D eigenvalue weighted by molar-refractivity contribution is 5.64. The molecule has 0 N–H and O–H groups in total. The van der Waals surface area contributed by atoms with Crippen LogP contribution >= 0.6 is 0 Å². The van der Waals surface area contributed by atoms with E-state index in [1.165, 1.54) is 17.0 Å². The van der Waals surface area contributed by atoms with Gasteiger partial charge in [0.05, 0.1) is 35.6 Å². The second kappa shape index (κ2) is 6.26. The Morgan fingerprint density at radius 1 is 1.12 bits per heavy atom. The molecule has 0 saturated heterocycles.